The minimum Gasteiger partial charge on any atom is -0.316 e. The fourth-order valence-electron chi connectivity index (χ4n) is 2.26. The van der Waals surface area contributed by atoms with Gasteiger partial charge in [-0.3, -0.25) is 0 Å². The first-order valence-corrected chi connectivity index (χ1v) is 5.92. The van der Waals surface area contributed by atoms with Crippen LogP contribution in [0.5, 0.6) is 0 Å². The van der Waals surface area contributed by atoms with E-state index in [9.17, 15) is 13.2 Å². The highest BCUT2D eigenvalue weighted by Crippen LogP contribution is 2.29. The molecule has 0 spiro atoms. The topological polar surface area (TPSA) is 12.0 Å². The number of piperidine rings is 1. The smallest absolute Gasteiger partial charge is 0.316 e. The molecular formula is C13H16F3N. The molecule has 1 aliphatic heterocycles. The Hall–Kier alpha value is -1.03. The molecular weight excluding hydrogens is 227 g/mol. The summed E-state index contributed by atoms with van der Waals surface area (Å²) in [6.07, 6.45) is -1.05. The van der Waals surface area contributed by atoms with E-state index in [0.29, 0.717) is 5.92 Å². The number of nitrogens with one attached hydrogen (secondary N) is 1. The van der Waals surface area contributed by atoms with Gasteiger partial charge >= 0.3 is 6.18 Å². The van der Waals surface area contributed by atoms with Crippen LogP contribution in [0.1, 0.15) is 24.0 Å². The monoisotopic (exact) mass is 243 g/mol. The van der Waals surface area contributed by atoms with Crippen molar-refractivity contribution in [3.63, 3.8) is 0 Å². The second-order valence-electron chi connectivity index (χ2n) is 4.61. The van der Waals surface area contributed by atoms with E-state index in [0.717, 1.165) is 37.9 Å². The van der Waals surface area contributed by atoms with Crippen LogP contribution >= 0.6 is 0 Å². The zero-order chi connectivity index (χ0) is 12.3. The molecule has 1 nitrogen and oxygen atoms in total. The van der Waals surface area contributed by atoms with Crippen molar-refractivity contribution in [3.05, 3.63) is 35.4 Å². The van der Waals surface area contributed by atoms with Gasteiger partial charge in [0.1, 0.15) is 0 Å². The summed E-state index contributed by atoms with van der Waals surface area (Å²) in [7, 11) is 0. The molecule has 94 valence electrons. The molecule has 1 N–H and O–H groups in total. The van der Waals surface area contributed by atoms with Gasteiger partial charge in [0.05, 0.1) is 5.56 Å². The zero-order valence-corrected chi connectivity index (χ0v) is 9.56. The Balaban J connectivity index is 1.98. The Morgan fingerprint density at radius 2 is 1.88 bits per heavy atom. The van der Waals surface area contributed by atoms with Gasteiger partial charge in [-0.25, -0.2) is 0 Å². The first-order valence-electron chi connectivity index (χ1n) is 5.92. The van der Waals surface area contributed by atoms with Crippen LogP contribution in [0.25, 0.3) is 0 Å². The molecule has 0 aromatic heterocycles. The molecule has 17 heavy (non-hydrogen) atoms. The second kappa shape index (κ2) is 5.08. The van der Waals surface area contributed by atoms with Gasteiger partial charge < -0.3 is 5.32 Å². The first-order chi connectivity index (χ1) is 8.05. The van der Waals surface area contributed by atoms with E-state index in [1.165, 1.54) is 12.1 Å². The average molecular weight is 243 g/mol. The molecule has 0 aliphatic carbocycles. The van der Waals surface area contributed by atoms with Gasteiger partial charge in [0.15, 0.2) is 0 Å². The van der Waals surface area contributed by atoms with Gasteiger partial charge in [-0.15, -0.1) is 0 Å². The maximum atomic E-state index is 12.4. The van der Waals surface area contributed by atoms with E-state index in [2.05, 4.69) is 5.32 Å². The lowest BCUT2D eigenvalue weighted by molar-refractivity contribution is -0.137. The lowest BCUT2D eigenvalue weighted by Crippen LogP contribution is -2.30. The number of hydrogen-bond donors (Lipinski definition) is 1. The van der Waals surface area contributed by atoms with Crippen molar-refractivity contribution in [2.75, 3.05) is 13.1 Å². The highest BCUT2D eigenvalue weighted by Gasteiger charge is 2.30. The van der Waals surface area contributed by atoms with Crippen molar-refractivity contribution in [2.24, 2.45) is 5.92 Å². The fraction of sp³-hybridized carbons (Fsp3) is 0.538. The van der Waals surface area contributed by atoms with E-state index >= 15 is 0 Å². The van der Waals surface area contributed by atoms with E-state index in [-0.39, 0.29) is 0 Å². The molecule has 0 bridgehead atoms. The second-order valence-corrected chi connectivity index (χ2v) is 4.61. The molecule has 1 saturated heterocycles. The molecule has 4 heteroatoms. The Bertz CT molecular complexity index is 350. The van der Waals surface area contributed by atoms with Crippen molar-refractivity contribution in [2.45, 2.75) is 25.4 Å². The third-order valence-electron chi connectivity index (χ3n) is 3.20. The van der Waals surface area contributed by atoms with Gasteiger partial charge in [-0.2, -0.15) is 13.2 Å². The maximum Gasteiger partial charge on any atom is 0.416 e. The summed E-state index contributed by atoms with van der Waals surface area (Å²) >= 11 is 0. The lowest BCUT2D eigenvalue weighted by atomic mass is 9.92. The van der Waals surface area contributed by atoms with Crippen LogP contribution in [0.15, 0.2) is 24.3 Å². The molecule has 1 heterocycles. The fourth-order valence-corrected chi connectivity index (χ4v) is 2.26. The maximum absolute atomic E-state index is 12.4. The van der Waals surface area contributed by atoms with Crippen molar-refractivity contribution < 1.29 is 13.2 Å². The summed E-state index contributed by atoms with van der Waals surface area (Å²) in [4.78, 5) is 0. The summed E-state index contributed by atoms with van der Waals surface area (Å²) in [6.45, 7) is 2.03. The van der Waals surface area contributed by atoms with E-state index in [1.807, 2.05) is 0 Å². The van der Waals surface area contributed by atoms with Gasteiger partial charge in [0.25, 0.3) is 0 Å². The van der Waals surface area contributed by atoms with Crippen molar-refractivity contribution in [1.82, 2.24) is 5.32 Å². The molecule has 1 unspecified atom stereocenters. The Morgan fingerprint density at radius 1 is 1.18 bits per heavy atom. The van der Waals surface area contributed by atoms with Crippen LogP contribution in [0.2, 0.25) is 0 Å². The lowest BCUT2D eigenvalue weighted by Gasteiger charge is -2.22. The number of halogens is 3. The normalized spacial score (nSPS) is 21.5. The number of alkyl halides is 3. The molecule has 0 radical (unpaired) electrons. The Morgan fingerprint density at radius 3 is 2.41 bits per heavy atom. The van der Waals surface area contributed by atoms with Crippen molar-refractivity contribution in [3.8, 4) is 0 Å². The molecule has 1 fully saturated rings. The van der Waals surface area contributed by atoms with Gasteiger partial charge in [-0.1, -0.05) is 12.1 Å². The molecule has 1 aromatic rings. The standard InChI is InChI=1S/C13H16F3N/c14-13(15,16)12-5-3-10(4-6-12)8-11-2-1-7-17-9-11/h3-6,11,17H,1-2,7-9H2. The van der Waals surface area contributed by atoms with Crippen LogP contribution < -0.4 is 5.32 Å². The van der Waals surface area contributed by atoms with E-state index < -0.39 is 11.7 Å². The van der Waals surface area contributed by atoms with Crippen LogP contribution in [0, 0.1) is 5.92 Å². The van der Waals surface area contributed by atoms with Gasteiger partial charge in [0, 0.05) is 0 Å². The minimum absolute atomic E-state index is 0.556. The number of benzene rings is 1. The molecule has 1 aliphatic rings. The zero-order valence-electron chi connectivity index (χ0n) is 9.56. The summed E-state index contributed by atoms with van der Waals surface area (Å²) < 4.78 is 37.1. The largest absolute Gasteiger partial charge is 0.416 e. The van der Waals surface area contributed by atoms with Gasteiger partial charge in [0.2, 0.25) is 0 Å². The third kappa shape index (κ3) is 3.46. The SMILES string of the molecule is FC(F)(F)c1ccc(CC2CCCNC2)cc1. The molecule has 0 saturated carbocycles. The van der Waals surface area contributed by atoms with E-state index in [1.54, 1.807) is 12.1 Å². The summed E-state index contributed by atoms with van der Waals surface area (Å²) in [5.74, 6) is 0.556. The average Bonchev–Trinajstić information content (AvgIpc) is 2.30. The molecule has 1 aromatic carbocycles. The highest BCUT2D eigenvalue weighted by molar-refractivity contribution is 5.25. The quantitative estimate of drug-likeness (QED) is 0.840. The van der Waals surface area contributed by atoms with E-state index in [4.69, 9.17) is 0 Å². The third-order valence-corrected chi connectivity index (χ3v) is 3.20. The molecule has 2 rings (SSSR count). The van der Waals surface area contributed by atoms with Crippen molar-refractivity contribution >= 4 is 0 Å². The Labute approximate surface area is 99.0 Å². The van der Waals surface area contributed by atoms with Crippen LogP contribution in [-0.2, 0) is 12.6 Å². The Kier molecular flexibility index (Phi) is 3.72. The van der Waals surface area contributed by atoms with Crippen LogP contribution in [0.3, 0.4) is 0 Å². The summed E-state index contributed by atoms with van der Waals surface area (Å²) in [5.41, 5.74) is 0.426. The molecule has 0 amide bonds. The van der Waals surface area contributed by atoms with Crippen LogP contribution in [-0.4, -0.2) is 13.1 Å². The van der Waals surface area contributed by atoms with Gasteiger partial charge in [-0.05, 0) is 56.0 Å². The highest BCUT2D eigenvalue weighted by atomic mass is 19.4. The van der Waals surface area contributed by atoms with Crippen molar-refractivity contribution in [1.29, 1.82) is 0 Å². The van der Waals surface area contributed by atoms with Crippen LogP contribution in [0.4, 0.5) is 13.2 Å². The predicted molar refractivity (Wildman–Crippen MR) is 60.7 cm³/mol. The number of rotatable bonds is 2. The first kappa shape index (κ1) is 12.4. The minimum atomic E-state index is -4.23. The predicted octanol–water partition coefficient (Wildman–Crippen LogP) is 3.25. The summed E-state index contributed by atoms with van der Waals surface area (Å²) in [6, 6.07) is 5.53. The summed E-state index contributed by atoms with van der Waals surface area (Å²) in [5, 5.41) is 3.31. The number of hydrogen-bond acceptors (Lipinski definition) is 1. The molecule has 1 atom stereocenters.